The first-order valence-corrected chi connectivity index (χ1v) is 10.4. The van der Waals surface area contributed by atoms with E-state index >= 15 is 0 Å². The van der Waals surface area contributed by atoms with Gasteiger partial charge in [0.15, 0.2) is 0 Å². The van der Waals surface area contributed by atoms with Crippen LogP contribution < -0.4 is 4.72 Å². The Morgan fingerprint density at radius 2 is 1.86 bits per heavy atom. The molecule has 9 heteroatoms. The lowest BCUT2D eigenvalue weighted by Gasteiger charge is -2.19. The molecule has 0 unspecified atom stereocenters. The van der Waals surface area contributed by atoms with Gasteiger partial charge in [-0.1, -0.05) is 41.9 Å². The normalized spacial score (nSPS) is 17.8. The highest BCUT2D eigenvalue weighted by Crippen LogP contribution is 2.24. The van der Waals surface area contributed by atoms with E-state index in [1.807, 2.05) is 0 Å². The first-order chi connectivity index (χ1) is 13.3. The minimum absolute atomic E-state index is 0.0710. The Morgan fingerprint density at radius 1 is 1.18 bits per heavy atom. The highest BCUT2D eigenvalue weighted by atomic mass is 35.5. The van der Waals surface area contributed by atoms with Crippen molar-refractivity contribution in [2.75, 3.05) is 6.61 Å². The predicted molar refractivity (Wildman–Crippen MR) is 101 cm³/mol. The van der Waals surface area contributed by atoms with Crippen molar-refractivity contribution >= 4 is 33.6 Å². The van der Waals surface area contributed by atoms with Crippen molar-refractivity contribution in [3.05, 3.63) is 65.2 Å². The Hall–Kier alpha value is -2.42. The van der Waals surface area contributed by atoms with Crippen molar-refractivity contribution in [3.63, 3.8) is 0 Å². The minimum Gasteiger partial charge on any atom is -0.463 e. The topological polar surface area (TPSA) is 98.8 Å². The molecule has 1 fully saturated rings. The number of halogens is 1. The van der Waals surface area contributed by atoms with Gasteiger partial charge in [-0.2, -0.15) is 0 Å². The van der Waals surface area contributed by atoms with Gasteiger partial charge in [0.1, 0.15) is 0 Å². The summed E-state index contributed by atoms with van der Waals surface area (Å²) in [6.07, 6.45) is -0.965. The summed E-state index contributed by atoms with van der Waals surface area (Å²) in [4.78, 5) is 23.9. The molecule has 0 spiro atoms. The summed E-state index contributed by atoms with van der Waals surface area (Å²) in [6.45, 7) is 0.192. The van der Waals surface area contributed by atoms with Crippen molar-refractivity contribution in [1.82, 2.24) is 4.72 Å². The summed E-state index contributed by atoms with van der Waals surface area (Å²) in [7, 11) is -3.88. The number of esters is 2. The zero-order valence-electron chi connectivity index (χ0n) is 14.7. The fourth-order valence-corrected chi connectivity index (χ4v) is 4.11. The number of sulfonamides is 1. The number of cyclic esters (lactones) is 1. The Morgan fingerprint density at radius 3 is 2.46 bits per heavy atom. The minimum atomic E-state index is -3.88. The van der Waals surface area contributed by atoms with Gasteiger partial charge in [0.05, 0.1) is 24.0 Å². The monoisotopic (exact) mass is 423 g/mol. The molecule has 28 heavy (non-hydrogen) atoms. The average molecular weight is 424 g/mol. The molecule has 0 amide bonds. The number of nitrogens with one attached hydrogen (secondary N) is 1. The Kier molecular flexibility index (Phi) is 6.33. The fraction of sp³-hybridized carbons (Fsp3) is 0.263. The Bertz CT molecular complexity index is 946. The second-order valence-corrected chi connectivity index (χ2v) is 8.33. The summed E-state index contributed by atoms with van der Waals surface area (Å²) in [5, 5.41) is 0.477. The Labute approximate surface area is 167 Å². The van der Waals surface area contributed by atoms with E-state index < -0.39 is 34.1 Å². The maximum atomic E-state index is 12.7. The van der Waals surface area contributed by atoms with E-state index in [4.69, 9.17) is 21.1 Å². The molecular weight excluding hydrogens is 406 g/mol. The van der Waals surface area contributed by atoms with E-state index in [0.29, 0.717) is 10.6 Å². The number of hydrogen-bond acceptors (Lipinski definition) is 6. The van der Waals surface area contributed by atoms with Crippen molar-refractivity contribution < 1.29 is 27.5 Å². The number of carbonyl (C=O) groups excluding carboxylic acids is 2. The van der Waals surface area contributed by atoms with Crippen LogP contribution in [0.4, 0.5) is 0 Å². The smallest absolute Gasteiger partial charge is 0.347 e. The number of benzene rings is 2. The fourth-order valence-electron chi connectivity index (χ4n) is 2.74. The van der Waals surface area contributed by atoms with Crippen LogP contribution in [0.25, 0.3) is 0 Å². The molecule has 0 aromatic heterocycles. The van der Waals surface area contributed by atoms with Crippen LogP contribution in [0.15, 0.2) is 59.5 Å². The van der Waals surface area contributed by atoms with Gasteiger partial charge in [-0.25, -0.2) is 17.9 Å². The molecule has 1 aliphatic rings. The van der Waals surface area contributed by atoms with E-state index in [2.05, 4.69) is 4.72 Å². The highest BCUT2D eigenvalue weighted by Gasteiger charge is 2.32. The molecule has 2 aromatic rings. The average Bonchev–Trinajstić information content (AvgIpc) is 3.07. The molecule has 148 valence electrons. The maximum Gasteiger partial charge on any atom is 0.347 e. The predicted octanol–water partition coefficient (Wildman–Crippen LogP) is 2.61. The maximum absolute atomic E-state index is 12.7. The lowest BCUT2D eigenvalue weighted by molar-refractivity contribution is -0.160. The van der Waals surface area contributed by atoms with E-state index in [-0.39, 0.29) is 24.3 Å². The first-order valence-electron chi connectivity index (χ1n) is 8.54. The highest BCUT2D eigenvalue weighted by molar-refractivity contribution is 7.89. The van der Waals surface area contributed by atoms with Crippen LogP contribution >= 0.6 is 11.6 Å². The van der Waals surface area contributed by atoms with Crippen molar-refractivity contribution in [2.45, 2.75) is 29.9 Å². The van der Waals surface area contributed by atoms with Gasteiger partial charge >= 0.3 is 11.9 Å². The molecule has 3 rings (SSSR count). The Balaban J connectivity index is 1.80. The quantitative estimate of drug-likeness (QED) is 0.687. The van der Waals surface area contributed by atoms with E-state index in [1.54, 1.807) is 42.5 Å². The van der Waals surface area contributed by atoms with Gasteiger partial charge in [0.2, 0.25) is 16.1 Å². The zero-order valence-corrected chi connectivity index (χ0v) is 16.3. The standard InChI is InChI=1S/C19H18ClNO6S/c20-14-8-6-13(7-9-14)16(12-18(22)27-17-10-11-26-19(17)23)21-28(24,25)15-4-2-1-3-5-15/h1-9,16-17,21H,10-12H2/t16-,17+/m0/s1. The summed E-state index contributed by atoms with van der Waals surface area (Å²) < 4.78 is 37.8. The zero-order chi connectivity index (χ0) is 20.1. The third kappa shape index (κ3) is 5.09. The number of hydrogen-bond donors (Lipinski definition) is 1. The van der Waals surface area contributed by atoms with Gasteiger partial charge in [-0.3, -0.25) is 4.79 Å². The number of carbonyl (C=O) groups is 2. The lowest BCUT2D eigenvalue weighted by Crippen LogP contribution is -2.32. The molecule has 1 N–H and O–H groups in total. The molecular formula is C19H18ClNO6S. The molecule has 1 aliphatic heterocycles. The van der Waals surface area contributed by atoms with Crippen molar-refractivity contribution in [3.8, 4) is 0 Å². The van der Waals surface area contributed by atoms with E-state index in [1.165, 1.54) is 12.1 Å². The van der Waals surface area contributed by atoms with Crippen molar-refractivity contribution in [1.29, 1.82) is 0 Å². The van der Waals surface area contributed by atoms with Crippen LogP contribution in [-0.2, 0) is 29.1 Å². The third-order valence-electron chi connectivity index (χ3n) is 4.16. The van der Waals surface area contributed by atoms with Crippen LogP contribution in [0.5, 0.6) is 0 Å². The molecule has 2 aromatic carbocycles. The SMILES string of the molecule is O=C(C[C@H](NS(=O)(=O)c1ccccc1)c1ccc(Cl)cc1)O[C@@H]1CCOC1=O. The molecule has 1 saturated heterocycles. The van der Waals surface area contributed by atoms with Crippen LogP contribution in [-0.4, -0.2) is 33.1 Å². The van der Waals surface area contributed by atoms with Gasteiger partial charge in [0.25, 0.3) is 0 Å². The van der Waals surface area contributed by atoms with E-state index in [9.17, 15) is 18.0 Å². The molecule has 0 radical (unpaired) electrons. The molecule has 2 atom stereocenters. The van der Waals surface area contributed by atoms with Gasteiger partial charge < -0.3 is 9.47 Å². The summed E-state index contributed by atoms with van der Waals surface area (Å²) in [5.74, 6) is -1.30. The molecule has 0 aliphatic carbocycles. The van der Waals surface area contributed by atoms with Crippen LogP contribution in [0.2, 0.25) is 5.02 Å². The molecule has 0 saturated carbocycles. The number of rotatable bonds is 7. The molecule has 7 nitrogen and oxygen atoms in total. The lowest BCUT2D eigenvalue weighted by atomic mass is 10.1. The van der Waals surface area contributed by atoms with Crippen LogP contribution in [0.3, 0.4) is 0 Å². The van der Waals surface area contributed by atoms with Gasteiger partial charge in [0, 0.05) is 11.4 Å². The second kappa shape index (κ2) is 8.72. The molecule has 1 heterocycles. The summed E-state index contributed by atoms with van der Waals surface area (Å²) in [5.41, 5.74) is 0.537. The number of ether oxygens (including phenoxy) is 2. The van der Waals surface area contributed by atoms with Gasteiger partial charge in [-0.05, 0) is 29.8 Å². The largest absolute Gasteiger partial charge is 0.463 e. The molecule has 0 bridgehead atoms. The summed E-state index contributed by atoms with van der Waals surface area (Å²) >= 11 is 5.90. The summed E-state index contributed by atoms with van der Waals surface area (Å²) in [6, 6.07) is 13.4. The van der Waals surface area contributed by atoms with E-state index in [0.717, 1.165) is 0 Å². The van der Waals surface area contributed by atoms with Crippen molar-refractivity contribution in [2.24, 2.45) is 0 Å². The van der Waals surface area contributed by atoms with Gasteiger partial charge in [-0.15, -0.1) is 0 Å². The second-order valence-electron chi connectivity index (χ2n) is 6.18. The first kappa shape index (κ1) is 20.3. The van der Waals surface area contributed by atoms with Crippen LogP contribution in [0.1, 0.15) is 24.4 Å². The van der Waals surface area contributed by atoms with Crippen LogP contribution in [0, 0.1) is 0 Å². The third-order valence-corrected chi connectivity index (χ3v) is 5.89.